The lowest BCUT2D eigenvalue weighted by Crippen LogP contribution is -1.95. The molecular weight excluding hydrogens is 278 g/mol. The lowest BCUT2D eigenvalue weighted by Gasteiger charge is -2.12. The average molecular weight is 293 g/mol. The molecule has 0 atom stereocenters. The maximum Gasteiger partial charge on any atom is 0.203 e. The molecule has 0 saturated heterocycles. The second kappa shape index (κ2) is 7.06. The Bertz CT molecular complexity index is 737. The van der Waals surface area contributed by atoms with Crippen LogP contribution in [0.25, 0.3) is 0 Å². The summed E-state index contributed by atoms with van der Waals surface area (Å²) in [4.78, 5) is 0. The number of methoxy groups -OCH3 is 3. The first-order valence-corrected chi connectivity index (χ1v) is 6.54. The summed E-state index contributed by atoms with van der Waals surface area (Å²) in [6, 6.07) is 12.7. The molecule has 0 aliphatic heterocycles. The van der Waals surface area contributed by atoms with Crippen molar-refractivity contribution in [3.63, 3.8) is 0 Å². The largest absolute Gasteiger partial charge is 0.493 e. The van der Waals surface area contributed by atoms with Crippen LogP contribution in [0, 0.1) is 23.2 Å². The zero-order chi connectivity index (χ0) is 15.9. The standard InChI is InChI=1S/C18H15NO3/c1-20-16-10-15(11-17(21-2)18(16)22-3)9-6-13-4-7-14(12-19)8-5-13/h4-5,7-8,10-11H,1-3H3. The molecule has 0 amide bonds. The minimum absolute atomic E-state index is 0.536. The summed E-state index contributed by atoms with van der Waals surface area (Å²) < 4.78 is 15.9. The lowest BCUT2D eigenvalue weighted by atomic mass is 10.1. The summed E-state index contributed by atoms with van der Waals surface area (Å²) in [5, 5.41) is 8.78. The maximum absolute atomic E-state index is 8.78. The van der Waals surface area contributed by atoms with Gasteiger partial charge in [-0.15, -0.1) is 0 Å². The topological polar surface area (TPSA) is 51.5 Å². The van der Waals surface area contributed by atoms with Crippen molar-refractivity contribution in [2.75, 3.05) is 21.3 Å². The van der Waals surface area contributed by atoms with Gasteiger partial charge in [-0.1, -0.05) is 11.8 Å². The van der Waals surface area contributed by atoms with Crippen LogP contribution in [0.15, 0.2) is 36.4 Å². The third-order valence-corrected chi connectivity index (χ3v) is 3.03. The number of rotatable bonds is 3. The fourth-order valence-corrected chi connectivity index (χ4v) is 1.93. The number of ether oxygens (including phenoxy) is 3. The molecule has 0 unspecified atom stereocenters. The third-order valence-electron chi connectivity index (χ3n) is 3.03. The van der Waals surface area contributed by atoms with Crippen molar-refractivity contribution >= 4 is 0 Å². The van der Waals surface area contributed by atoms with Crippen LogP contribution < -0.4 is 14.2 Å². The smallest absolute Gasteiger partial charge is 0.203 e. The Balaban J connectivity index is 2.37. The van der Waals surface area contributed by atoms with Crippen molar-refractivity contribution in [1.82, 2.24) is 0 Å². The van der Waals surface area contributed by atoms with Gasteiger partial charge in [-0.05, 0) is 36.4 Å². The molecule has 4 heteroatoms. The highest BCUT2D eigenvalue weighted by Gasteiger charge is 2.12. The van der Waals surface area contributed by atoms with E-state index >= 15 is 0 Å². The zero-order valence-electron chi connectivity index (χ0n) is 12.6. The van der Waals surface area contributed by atoms with Crippen LogP contribution in [-0.2, 0) is 0 Å². The molecule has 0 radical (unpaired) electrons. The van der Waals surface area contributed by atoms with E-state index in [-0.39, 0.29) is 0 Å². The monoisotopic (exact) mass is 293 g/mol. The van der Waals surface area contributed by atoms with E-state index in [1.54, 1.807) is 45.6 Å². The second-order valence-corrected chi connectivity index (χ2v) is 4.35. The summed E-state index contributed by atoms with van der Waals surface area (Å²) >= 11 is 0. The van der Waals surface area contributed by atoms with Crippen LogP contribution in [-0.4, -0.2) is 21.3 Å². The van der Waals surface area contributed by atoms with Crippen LogP contribution in [0.4, 0.5) is 0 Å². The number of hydrogen-bond donors (Lipinski definition) is 0. The van der Waals surface area contributed by atoms with Crippen molar-refractivity contribution in [2.45, 2.75) is 0 Å². The minimum atomic E-state index is 0.536. The average Bonchev–Trinajstić information content (AvgIpc) is 2.59. The molecule has 2 aromatic carbocycles. The zero-order valence-corrected chi connectivity index (χ0v) is 12.6. The van der Waals surface area contributed by atoms with Crippen molar-refractivity contribution in [3.8, 4) is 35.2 Å². The van der Waals surface area contributed by atoms with Crippen LogP contribution in [0.3, 0.4) is 0 Å². The van der Waals surface area contributed by atoms with Gasteiger partial charge >= 0.3 is 0 Å². The quantitative estimate of drug-likeness (QED) is 0.816. The van der Waals surface area contributed by atoms with E-state index in [2.05, 4.69) is 17.9 Å². The van der Waals surface area contributed by atoms with Crippen LogP contribution in [0.1, 0.15) is 16.7 Å². The van der Waals surface area contributed by atoms with Crippen molar-refractivity contribution in [3.05, 3.63) is 53.1 Å². The second-order valence-electron chi connectivity index (χ2n) is 4.35. The predicted molar refractivity (Wildman–Crippen MR) is 83.2 cm³/mol. The fraction of sp³-hybridized carbons (Fsp3) is 0.167. The van der Waals surface area contributed by atoms with E-state index in [4.69, 9.17) is 19.5 Å². The van der Waals surface area contributed by atoms with Gasteiger partial charge in [0, 0.05) is 11.1 Å². The van der Waals surface area contributed by atoms with Gasteiger partial charge in [-0.25, -0.2) is 0 Å². The minimum Gasteiger partial charge on any atom is -0.493 e. The van der Waals surface area contributed by atoms with Gasteiger partial charge < -0.3 is 14.2 Å². The molecule has 0 bridgehead atoms. The Morgan fingerprint density at radius 1 is 0.727 bits per heavy atom. The lowest BCUT2D eigenvalue weighted by molar-refractivity contribution is 0.324. The van der Waals surface area contributed by atoms with E-state index < -0.39 is 0 Å². The molecule has 0 heterocycles. The molecular formula is C18H15NO3. The maximum atomic E-state index is 8.78. The van der Waals surface area contributed by atoms with Gasteiger partial charge in [-0.3, -0.25) is 0 Å². The Hall–Kier alpha value is -3.11. The Morgan fingerprint density at radius 2 is 1.23 bits per heavy atom. The Morgan fingerprint density at radius 3 is 1.68 bits per heavy atom. The van der Waals surface area contributed by atoms with Crippen molar-refractivity contribution in [1.29, 1.82) is 5.26 Å². The van der Waals surface area contributed by atoms with Gasteiger partial charge in [0.25, 0.3) is 0 Å². The van der Waals surface area contributed by atoms with Crippen molar-refractivity contribution < 1.29 is 14.2 Å². The van der Waals surface area contributed by atoms with E-state index in [0.29, 0.717) is 22.8 Å². The molecule has 0 aliphatic rings. The number of nitriles is 1. The molecule has 22 heavy (non-hydrogen) atoms. The molecule has 4 nitrogen and oxygen atoms in total. The molecule has 0 saturated carbocycles. The van der Waals surface area contributed by atoms with Gasteiger partial charge in [-0.2, -0.15) is 5.26 Å². The first kappa shape index (κ1) is 15.3. The summed E-state index contributed by atoms with van der Waals surface area (Å²) in [6.07, 6.45) is 0. The van der Waals surface area contributed by atoms with E-state index in [9.17, 15) is 0 Å². The molecule has 0 aliphatic carbocycles. The molecule has 2 rings (SSSR count). The molecule has 110 valence electrons. The molecule has 0 fully saturated rings. The SMILES string of the molecule is COc1cc(C#Cc2ccc(C#N)cc2)cc(OC)c1OC. The molecule has 2 aromatic rings. The predicted octanol–water partition coefficient (Wildman–Crippen LogP) is 2.98. The van der Waals surface area contributed by atoms with E-state index in [1.165, 1.54) is 0 Å². The Labute approximate surface area is 129 Å². The van der Waals surface area contributed by atoms with E-state index in [0.717, 1.165) is 11.1 Å². The molecule has 0 spiro atoms. The van der Waals surface area contributed by atoms with Crippen LogP contribution >= 0.6 is 0 Å². The van der Waals surface area contributed by atoms with Gasteiger partial charge in [0.2, 0.25) is 5.75 Å². The summed E-state index contributed by atoms with van der Waals surface area (Å²) in [5.41, 5.74) is 2.19. The third kappa shape index (κ3) is 3.31. The van der Waals surface area contributed by atoms with E-state index in [1.807, 2.05) is 12.1 Å². The van der Waals surface area contributed by atoms with Gasteiger partial charge in [0.15, 0.2) is 11.5 Å². The van der Waals surface area contributed by atoms with Crippen LogP contribution in [0.2, 0.25) is 0 Å². The van der Waals surface area contributed by atoms with Gasteiger partial charge in [0.1, 0.15) is 0 Å². The highest BCUT2D eigenvalue weighted by Crippen LogP contribution is 2.37. The van der Waals surface area contributed by atoms with Crippen molar-refractivity contribution in [2.24, 2.45) is 0 Å². The van der Waals surface area contributed by atoms with Gasteiger partial charge in [0.05, 0.1) is 33.0 Å². The highest BCUT2D eigenvalue weighted by molar-refractivity contribution is 5.58. The Kier molecular flexibility index (Phi) is 4.90. The first-order chi connectivity index (χ1) is 10.7. The molecule has 0 aromatic heterocycles. The summed E-state index contributed by atoms with van der Waals surface area (Å²) in [7, 11) is 4.69. The van der Waals surface area contributed by atoms with Crippen LogP contribution in [0.5, 0.6) is 17.2 Å². The first-order valence-electron chi connectivity index (χ1n) is 6.54. The number of nitrogens with zero attached hydrogens (tertiary/aromatic N) is 1. The normalized spacial score (nSPS) is 9.18. The summed E-state index contributed by atoms with van der Waals surface area (Å²) in [6.45, 7) is 0. The fourth-order valence-electron chi connectivity index (χ4n) is 1.93. The number of benzene rings is 2. The summed E-state index contributed by atoms with van der Waals surface area (Å²) in [5.74, 6) is 7.75. The number of hydrogen-bond acceptors (Lipinski definition) is 4. The highest BCUT2D eigenvalue weighted by atomic mass is 16.5. The molecule has 0 N–H and O–H groups in total.